The number of anilines is 1. The minimum atomic E-state index is -0.375. The number of aryl methyl sites for hydroxylation is 1. The first-order valence-corrected chi connectivity index (χ1v) is 8.52. The van der Waals surface area contributed by atoms with Crippen LogP contribution in [0.4, 0.5) is 10.1 Å². The van der Waals surface area contributed by atoms with Crippen molar-refractivity contribution in [3.05, 3.63) is 101 Å². The SMILES string of the molecule is Cc1ccccc1CNC(=O)c1cccc(C(=O)Nc2ccc(F)cc2)c1. The van der Waals surface area contributed by atoms with Gasteiger partial charge >= 0.3 is 0 Å². The Morgan fingerprint density at radius 1 is 0.852 bits per heavy atom. The molecule has 27 heavy (non-hydrogen) atoms. The average molecular weight is 362 g/mol. The van der Waals surface area contributed by atoms with E-state index >= 15 is 0 Å². The summed E-state index contributed by atoms with van der Waals surface area (Å²) in [7, 11) is 0. The van der Waals surface area contributed by atoms with Gasteiger partial charge in [-0.25, -0.2) is 4.39 Å². The van der Waals surface area contributed by atoms with Crippen molar-refractivity contribution in [2.45, 2.75) is 13.5 Å². The molecule has 0 spiro atoms. The van der Waals surface area contributed by atoms with E-state index in [0.29, 0.717) is 23.4 Å². The van der Waals surface area contributed by atoms with E-state index in [-0.39, 0.29) is 17.6 Å². The van der Waals surface area contributed by atoms with Gasteiger partial charge < -0.3 is 10.6 Å². The van der Waals surface area contributed by atoms with Gasteiger partial charge in [0.2, 0.25) is 0 Å². The molecule has 0 bridgehead atoms. The molecule has 0 saturated heterocycles. The highest BCUT2D eigenvalue weighted by Crippen LogP contribution is 2.12. The molecule has 0 aromatic heterocycles. The average Bonchev–Trinajstić information content (AvgIpc) is 2.69. The Morgan fingerprint density at radius 3 is 2.22 bits per heavy atom. The molecule has 0 unspecified atom stereocenters. The van der Waals surface area contributed by atoms with Gasteiger partial charge in [0.25, 0.3) is 11.8 Å². The van der Waals surface area contributed by atoms with Crippen LogP contribution in [0, 0.1) is 12.7 Å². The summed E-state index contributed by atoms with van der Waals surface area (Å²) < 4.78 is 13.0. The highest BCUT2D eigenvalue weighted by Gasteiger charge is 2.11. The molecule has 3 aromatic carbocycles. The quantitative estimate of drug-likeness (QED) is 0.710. The number of hydrogen-bond donors (Lipinski definition) is 2. The smallest absolute Gasteiger partial charge is 0.255 e. The van der Waals surface area contributed by atoms with Crippen LogP contribution in [0.5, 0.6) is 0 Å². The summed E-state index contributed by atoms with van der Waals surface area (Å²) in [6.07, 6.45) is 0. The lowest BCUT2D eigenvalue weighted by Crippen LogP contribution is -2.23. The summed E-state index contributed by atoms with van der Waals surface area (Å²) in [6, 6.07) is 19.8. The van der Waals surface area contributed by atoms with E-state index < -0.39 is 0 Å². The Kier molecular flexibility index (Phi) is 5.61. The first-order valence-electron chi connectivity index (χ1n) is 8.52. The molecule has 3 aromatic rings. The van der Waals surface area contributed by atoms with Gasteiger partial charge in [0, 0.05) is 23.4 Å². The van der Waals surface area contributed by atoms with Crippen LogP contribution in [0.25, 0.3) is 0 Å². The fourth-order valence-corrected chi connectivity index (χ4v) is 2.62. The van der Waals surface area contributed by atoms with Gasteiger partial charge in [-0.2, -0.15) is 0 Å². The number of nitrogens with one attached hydrogen (secondary N) is 2. The Balaban J connectivity index is 1.67. The maximum Gasteiger partial charge on any atom is 0.255 e. The summed E-state index contributed by atoms with van der Waals surface area (Å²) in [5, 5.41) is 5.55. The van der Waals surface area contributed by atoms with Crippen LogP contribution in [0.1, 0.15) is 31.8 Å². The standard InChI is InChI=1S/C22H19FN2O2/c1-15-5-2-3-6-18(15)14-24-21(26)16-7-4-8-17(13-16)22(27)25-20-11-9-19(23)10-12-20/h2-13H,14H2,1H3,(H,24,26)(H,25,27). The molecule has 0 aliphatic rings. The maximum atomic E-state index is 13.0. The van der Waals surface area contributed by atoms with Gasteiger partial charge in [-0.15, -0.1) is 0 Å². The predicted octanol–water partition coefficient (Wildman–Crippen LogP) is 4.32. The van der Waals surface area contributed by atoms with Crippen molar-refractivity contribution in [2.24, 2.45) is 0 Å². The molecule has 0 atom stereocenters. The first kappa shape index (κ1) is 18.3. The van der Waals surface area contributed by atoms with Crippen molar-refractivity contribution in [3.63, 3.8) is 0 Å². The van der Waals surface area contributed by atoms with E-state index in [1.807, 2.05) is 31.2 Å². The zero-order valence-corrected chi connectivity index (χ0v) is 14.8. The molecule has 2 amide bonds. The molecule has 3 rings (SSSR count). The summed E-state index contributed by atoms with van der Waals surface area (Å²) in [5.74, 6) is -0.995. The van der Waals surface area contributed by atoms with E-state index in [1.165, 1.54) is 30.3 Å². The van der Waals surface area contributed by atoms with E-state index in [0.717, 1.165) is 11.1 Å². The zero-order chi connectivity index (χ0) is 19.2. The van der Waals surface area contributed by atoms with Crippen molar-refractivity contribution in [2.75, 3.05) is 5.32 Å². The molecular formula is C22H19FN2O2. The van der Waals surface area contributed by atoms with Crippen molar-refractivity contribution in [1.29, 1.82) is 0 Å². The molecule has 0 aliphatic carbocycles. The molecule has 5 heteroatoms. The largest absolute Gasteiger partial charge is 0.348 e. The van der Waals surface area contributed by atoms with Crippen LogP contribution in [-0.4, -0.2) is 11.8 Å². The monoisotopic (exact) mass is 362 g/mol. The molecule has 4 nitrogen and oxygen atoms in total. The van der Waals surface area contributed by atoms with Gasteiger partial charge in [-0.1, -0.05) is 30.3 Å². The van der Waals surface area contributed by atoms with Crippen molar-refractivity contribution in [3.8, 4) is 0 Å². The molecule has 0 fully saturated rings. The van der Waals surface area contributed by atoms with Crippen LogP contribution in [0.3, 0.4) is 0 Å². The van der Waals surface area contributed by atoms with Crippen molar-refractivity contribution < 1.29 is 14.0 Å². The zero-order valence-electron chi connectivity index (χ0n) is 14.8. The number of rotatable bonds is 5. The van der Waals surface area contributed by atoms with Gasteiger partial charge in [0.1, 0.15) is 5.82 Å². The van der Waals surface area contributed by atoms with Crippen molar-refractivity contribution >= 4 is 17.5 Å². The summed E-state index contributed by atoms with van der Waals surface area (Å²) in [6.45, 7) is 2.40. The van der Waals surface area contributed by atoms with Crippen LogP contribution in [-0.2, 0) is 6.54 Å². The number of hydrogen-bond acceptors (Lipinski definition) is 2. The minimum absolute atomic E-state index is 0.255. The van der Waals surface area contributed by atoms with Gasteiger partial charge in [-0.05, 0) is 60.5 Å². The lowest BCUT2D eigenvalue weighted by atomic mass is 10.1. The highest BCUT2D eigenvalue weighted by atomic mass is 19.1. The van der Waals surface area contributed by atoms with Crippen molar-refractivity contribution in [1.82, 2.24) is 5.32 Å². The summed E-state index contributed by atoms with van der Waals surface area (Å²) >= 11 is 0. The molecule has 0 radical (unpaired) electrons. The van der Waals surface area contributed by atoms with Crippen LogP contribution in [0.15, 0.2) is 72.8 Å². The second kappa shape index (κ2) is 8.27. The Bertz CT molecular complexity index is 968. The fourth-order valence-electron chi connectivity index (χ4n) is 2.62. The van der Waals surface area contributed by atoms with E-state index in [4.69, 9.17) is 0 Å². The minimum Gasteiger partial charge on any atom is -0.348 e. The second-order valence-electron chi connectivity index (χ2n) is 6.15. The van der Waals surface area contributed by atoms with E-state index in [9.17, 15) is 14.0 Å². The van der Waals surface area contributed by atoms with Gasteiger partial charge in [0.05, 0.1) is 0 Å². The van der Waals surface area contributed by atoms with Crippen LogP contribution in [0.2, 0.25) is 0 Å². The normalized spacial score (nSPS) is 10.3. The second-order valence-corrected chi connectivity index (χ2v) is 6.15. The number of halogens is 1. The molecular weight excluding hydrogens is 343 g/mol. The topological polar surface area (TPSA) is 58.2 Å². The highest BCUT2D eigenvalue weighted by molar-refractivity contribution is 6.06. The number of carbonyl (C=O) groups excluding carboxylic acids is 2. The molecule has 0 saturated carbocycles. The molecule has 136 valence electrons. The predicted molar refractivity (Wildman–Crippen MR) is 103 cm³/mol. The Morgan fingerprint density at radius 2 is 1.52 bits per heavy atom. The lowest BCUT2D eigenvalue weighted by molar-refractivity contribution is 0.0951. The lowest BCUT2D eigenvalue weighted by Gasteiger charge is -2.09. The number of benzene rings is 3. The van der Waals surface area contributed by atoms with E-state index in [1.54, 1.807) is 18.2 Å². The third-order valence-corrected chi connectivity index (χ3v) is 4.19. The van der Waals surface area contributed by atoms with Crippen LogP contribution < -0.4 is 10.6 Å². The third kappa shape index (κ3) is 4.79. The van der Waals surface area contributed by atoms with E-state index in [2.05, 4.69) is 10.6 Å². The third-order valence-electron chi connectivity index (χ3n) is 4.19. The maximum absolute atomic E-state index is 13.0. The number of carbonyl (C=O) groups is 2. The molecule has 0 heterocycles. The molecule has 2 N–H and O–H groups in total. The Hall–Kier alpha value is -3.47. The fraction of sp³-hybridized carbons (Fsp3) is 0.0909. The number of amides is 2. The summed E-state index contributed by atoms with van der Waals surface area (Å²) in [5.41, 5.74) is 3.37. The first-order chi connectivity index (χ1) is 13.0. The molecule has 0 aliphatic heterocycles. The Labute approximate surface area is 157 Å². The summed E-state index contributed by atoms with van der Waals surface area (Å²) in [4.78, 5) is 24.8. The van der Waals surface area contributed by atoms with Gasteiger partial charge in [0.15, 0.2) is 0 Å². The van der Waals surface area contributed by atoms with Crippen LogP contribution >= 0.6 is 0 Å². The van der Waals surface area contributed by atoms with Gasteiger partial charge in [-0.3, -0.25) is 9.59 Å².